The van der Waals surface area contributed by atoms with Crippen molar-refractivity contribution in [3.63, 3.8) is 0 Å². The molecule has 0 spiro atoms. The predicted molar refractivity (Wildman–Crippen MR) is 466 cm³/mol. The van der Waals surface area contributed by atoms with Gasteiger partial charge in [0.1, 0.15) is 74.7 Å². The number of benzene rings is 6. The number of alkyl halides is 3. The minimum atomic E-state index is -4.57. The molecule has 28 heteroatoms. The molecule has 8 aliphatic carbocycles. The molecule has 6 amide bonds. The number of aromatic nitrogens is 3. The highest BCUT2D eigenvalue weighted by atomic mass is 19.4. The fourth-order valence-corrected chi connectivity index (χ4v) is 15.4. The number of fused-ring (bicyclic) bond motifs is 5. The minimum Gasteiger partial charge on any atom is -0.508 e. The number of nitrogens with zero attached hydrogens (tertiary/aromatic N) is 3. The Morgan fingerprint density at radius 3 is 1.06 bits per heavy atom. The molecule has 5 atom stereocenters. The second-order valence-corrected chi connectivity index (χ2v) is 35.1. The van der Waals surface area contributed by atoms with Crippen molar-refractivity contribution in [3.8, 4) is 46.0 Å². The maximum Gasteiger partial charge on any atom is 0.416 e. The summed E-state index contributed by atoms with van der Waals surface area (Å²) < 4.78 is 68.4. The van der Waals surface area contributed by atoms with Crippen molar-refractivity contribution in [2.75, 3.05) is 16.0 Å². The number of hydrogen-bond acceptors (Lipinski definition) is 19. The molecule has 6 aromatic carbocycles. The Labute approximate surface area is 720 Å². The molecule has 0 saturated heterocycles. The van der Waals surface area contributed by atoms with Gasteiger partial charge in [0, 0.05) is 96.9 Å². The van der Waals surface area contributed by atoms with Crippen LogP contribution in [0.3, 0.4) is 0 Å². The summed E-state index contributed by atoms with van der Waals surface area (Å²) in [5.41, 5.74) is 27.8. The molecule has 3 fully saturated rings. The van der Waals surface area contributed by atoms with E-state index in [1.807, 2.05) is 96.1 Å². The van der Waals surface area contributed by atoms with Gasteiger partial charge < -0.3 is 83.0 Å². The van der Waals surface area contributed by atoms with Gasteiger partial charge in [-0.3, -0.25) is 19.2 Å². The summed E-state index contributed by atoms with van der Waals surface area (Å²) >= 11 is 0. The van der Waals surface area contributed by atoms with Crippen molar-refractivity contribution in [1.29, 1.82) is 0 Å². The van der Waals surface area contributed by atoms with Gasteiger partial charge in [0.05, 0.1) is 5.56 Å². The SMILES string of the molecule is CC(C)(C)OC(=O)NC1CCc2ccc(O)cc2C1.CC(C)(C)OC(=O)NC1CCc2ccc(Oc3ccnc(NC(=O)C4CC4)c3)cc2C1.NC1CCc2ccc(O)cc2C1.NC1CCc2ccc(Oc3ccnc(NC(=O)C4CC4)c3)cc2C1.NCc1cc(C(=O)NC2CCc3ccc(Oc4ccnc(NC(=O)C5CC5)c4)cc3C2)cc(C(F)(F)F)c1. The third kappa shape index (κ3) is 27.2. The number of halogens is 3. The molecule has 0 aliphatic heterocycles. The second kappa shape index (κ2) is 40.0. The van der Waals surface area contributed by atoms with Crippen LogP contribution in [0, 0.1) is 17.8 Å². The molecule has 8 aliphatic rings. The lowest BCUT2D eigenvalue weighted by Gasteiger charge is -2.27. The number of nitrogens with one attached hydrogen (secondary N) is 6. The third-order valence-electron chi connectivity index (χ3n) is 22.2. The van der Waals surface area contributed by atoms with Crippen LogP contribution in [-0.2, 0) is 101 Å². The van der Waals surface area contributed by atoms with Crippen molar-refractivity contribution < 1.29 is 75.8 Å². The average Bonchev–Trinajstić information content (AvgIpc) is 1.45. The lowest BCUT2D eigenvalue weighted by Crippen LogP contribution is -2.41. The van der Waals surface area contributed by atoms with Gasteiger partial charge in [0.25, 0.3) is 5.91 Å². The van der Waals surface area contributed by atoms with E-state index in [1.165, 1.54) is 39.4 Å². The van der Waals surface area contributed by atoms with E-state index in [2.05, 4.69) is 65.1 Å². The molecule has 3 saturated carbocycles. The zero-order chi connectivity index (χ0) is 88.0. The van der Waals surface area contributed by atoms with Crippen LogP contribution in [0.5, 0.6) is 46.0 Å². The predicted octanol–water partition coefficient (Wildman–Crippen LogP) is 16.6. The van der Waals surface area contributed by atoms with Crippen molar-refractivity contribution >= 4 is 53.3 Å². The van der Waals surface area contributed by atoms with E-state index in [4.69, 9.17) is 40.9 Å². The topological polar surface area (TPSA) is 378 Å². The number of aromatic hydroxyl groups is 2. The Hall–Kier alpha value is -12.1. The van der Waals surface area contributed by atoms with Gasteiger partial charge in [0.2, 0.25) is 17.7 Å². The van der Waals surface area contributed by atoms with Gasteiger partial charge in [-0.25, -0.2) is 24.5 Å². The monoisotopic (exact) mass is 1700 g/mol. The van der Waals surface area contributed by atoms with Crippen LogP contribution in [0.2, 0.25) is 0 Å². The van der Waals surface area contributed by atoms with Crippen molar-refractivity contribution in [2.45, 2.75) is 231 Å². The second-order valence-electron chi connectivity index (χ2n) is 35.1. The maximum absolute atomic E-state index is 13.3. The number of pyridine rings is 3. The Kier molecular flexibility index (Phi) is 28.9. The summed E-state index contributed by atoms with van der Waals surface area (Å²) in [6, 6.07) is 42.9. The largest absolute Gasteiger partial charge is 0.508 e. The molecule has 654 valence electrons. The van der Waals surface area contributed by atoms with E-state index in [-0.39, 0.29) is 101 Å². The fraction of sp³-hybridized carbons (Fsp3) is 0.406. The van der Waals surface area contributed by atoms with E-state index in [0.29, 0.717) is 71.2 Å². The summed E-state index contributed by atoms with van der Waals surface area (Å²) in [5.74, 6) is 5.74. The first kappa shape index (κ1) is 89.6. The van der Waals surface area contributed by atoms with Gasteiger partial charge in [-0.15, -0.1) is 0 Å². The number of carbonyl (C=O) groups is 6. The molecule has 3 heterocycles. The van der Waals surface area contributed by atoms with E-state index in [0.717, 1.165) is 156 Å². The van der Waals surface area contributed by atoms with Gasteiger partial charge in [-0.2, -0.15) is 13.2 Å². The minimum absolute atomic E-state index is 0.0157. The molecule has 3 aromatic heterocycles. The van der Waals surface area contributed by atoms with Crippen molar-refractivity contribution in [3.05, 3.63) is 237 Å². The highest BCUT2D eigenvalue weighted by Gasteiger charge is 2.35. The van der Waals surface area contributed by atoms with Crippen molar-refractivity contribution in [1.82, 2.24) is 30.9 Å². The number of ether oxygens (including phenoxy) is 5. The number of hydrogen-bond donors (Lipinski definition) is 11. The van der Waals surface area contributed by atoms with Gasteiger partial charge in [-0.1, -0.05) is 30.3 Å². The number of phenols is 2. The standard InChI is InChI=1S/C28H27F3N4O3.C24H29N3O4.C19H21N3O2.C15H21NO3.C10H13NO/c29-28(30,31)21-10-16(15-32)9-20(11-21)27(37)34-22-5-3-17-4-6-23(13-19(17)12-22)38-24-7-8-33-25(14-24)35-26(36)18-1-2-18;1-24(2,3)31-23(29)26-18-8-6-15-7-9-19(13-17(15)12-18)30-20-10-11-25-21(14-20)27-22(28)16-4-5-16;20-15-5-3-12-4-6-16(10-14(12)9-15)24-17-7-8-21-18(11-17)22-19(23)13-1-2-13;1-15(2,3)19-14(18)16-12-6-4-10-5-7-13(17)9-11(10)8-12;11-9-3-1-7-2-4-10(12)6-8(7)5-9/h4,6-11,13-14,18,22H,1-3,5,12,15,32H2,(H,34,37)(H,33,35,36);7,9-11,13-14,16,18H,4-6,8,12H2,1-3H3,(H,26,29)(H,25,27,28);4,6-8,10-11,13,15H,1-3,5,9,20H2,(H,21,22,23);5,7,9,12,17H,4,6,8H2,1-3H3,(H,16,18);2,4,6,9,12H,1,3,5,11H2. The van der Waals surface area contributed by atoms with E-state index < -0.39 is 28.8 Å². The van der Waals surface area contributed by atoms with Crippen LogP contribution >= 0.6 is 0 Å². The molecular formula is C96H111F3N12O13. The lowest BCUT2D eigenvalue weighted by atomic mass is 9.88. The molecule has 0 bridgehead atoms. The van der Waals surface area contributed by atoms with Crippen molar-refractivity contribution in [2.24, 2.45) is 35.0 Å². The summed E-state index contributed by atoms with van der Waals surface area (Å²) in [6.45, 7) is 11.0. The van der Waals surface area contributed by atoms with Crippen LogP contribution in [0.25, 0.3) is 0 Å². The number of amides is 6. The van der Waals surface area contributed by atoms with Crippen LogP contribution in [0.4, 0.5) is 40.2 Å². The first-order valence-electron chi connectivity index (χ1n) is 42.7. The molecule has 9 aromatic rings. The maximum atomic E-state index is 13.3. The molecule has 14 N–H and O–H groups in total. The van der Waals surface area contributed by atoms with Crippen LogP contribution in [0.1, 0.15) is 189 Å². The Bertz CT molecular complexity index is 5330. The number of rotatable bonds is 17. The third-order valence-corrected chi connectivity index (χ3v) is 22.2. The van der Waals surface area contributed by atoms with Gasteiger partial charge >= 0.3 is 18.4 Å². The van der Waals surface area contributed by atoms with E-state index in [9.17, 15) is 52.2 Å². The highest BCUT2D eigenvalue weighted by Crippen LogP contribution is 2.38. The average molecular weight is 1700 g/mol. The highest BCUT2D eigenvalue weighted by molar-refractivity contribution is 5.96. The van der Waals surface area contributed by atoms with Gasteiger partial charge in [0.15, 0.2) is 0 Å². The summed E-state index contributed by atoms with van der Waals surface area (Å²) in [4.78, 5) is 85.0. The molecule has 124 heavy (non-hydrogen) atoms. The Morgan fingerprint density at radius 1 is 0.387 bits per heavy atom. The quantitative estimate of drug-likeness (QED) is 0.0403. The Morgan fingerprint density at radius 2 is 0.710 bits per heavy atom. The molecule has 0 radical (unpaired) electrons. The zero-order valence-electron chi connectivity index (χ0n) is 70.9. The first-order chi connectivity index (χ1) is 59.2. The number of carbonyl (C=O) groups excluding carboxylic acids is 6. The van der Waals surface area contributed by atoms with Gasteiger partial charge in [-0.05, 0) is 335 Å². The number of alkyl carbamates (subject to hydrolysis) is 2. The molecule has 25 nitrogen and oxygen atoms in total. The smallest absolute Gasteiger partial charge is 0.416 e. The van der Waals surface area contributed by atoms with E-state index >= 15 is 0 Å². The summed E-state index contributed by atoms with van der Waals surface area (Å²) in [7, 11) is 0. The zero-order valence-corrected chi connectivity index (χ0v) is 70.9. The number of anilines is 3. The first-order valence-corrected chi connectivity index (χ1v) is 42.7. The molecule has 5 unspecified atom stereocenters. The summed E-state index contributed by atoms with van der Waals surface area (Å²) in [6.07, 6.45) is 18.1. The number of nitrogens with two attached hydrogens (primary N) is 3. The van der Waals surface area contributed by atoms with Crippen LogP contribution in [-0.4, -0.2) is 102 Å². The Balaban J connectivity index is 0.000000139. The van der Waals surface area contributed by atoms with Crippen LogP contribution < -0.4 is 63.3 Å². The normalized spacial score (nSPS) is 18.4. The lowest BCUT2D eigenvalue weighted by molar-refractivity contribution is -0.137. The fourth-order valence-electron chi connectivity index (χ4n) is 15.4. The molecular weight excluding hydrogens is 1590 g/mol. The number of aryl methyl sites for hydroxylation is 5. The van der Waals surface area contributed by atoms with E-state index in [1.54, 1.807) is 73.2 Å². The number of phenolic OH excluding ortho intramolecular Hbond substituents is 2. The summed E-state index contributed by atoms with van der Waals surface area (Å²) in [5, 5.41) is 36.0. The van der Waals surface area contributed by atoms with Crippen LogP contribution in [0.15, 0.2) is 164 Å². The molecule has 17 rings (SSSR count).